The minimum atomic E-state index is -0.369. The zero-order valence-corrected chi connectivity index (χ0v) is 22.8. The summed E-state index contributed by atoms with van der Waals surface area (Å²) < 4.78 is 28.0. The molecule has 188 valence electrons. The molecular formula is C30H37FO3S. The van der Waals surface area contributed by atoms with E-state index < -0.39 is 0 Å². The third-order valence-electron chi connectivity index (χ3n) is 6.10. The van der Waals surface area contributed by atoms with E-state index in [-0.39, 0.29) is 17.7 Å². The van der Waals surface area contributed by atoms with E-state index in [1.807, 2.05) is 19.1 Å². The minimum Gasteiger partial charge on any atom is -0.493 e. The number of halogens is 1. The molecule has 5 heteroatoms. The molecule has 0 bridgehead atoms. The summed E-state index contributed by atoms with van der Waals surface area (Å²) >= 11 is 1.55. The van der Waals surface area contributed by atoms with E-state index in [4.69, 9.17) is 9.47 Å². The number of ether oxygens (including phenoxy) is 2. The Bertz CT molecular complexity index is 1220. The van der Waals surface area contributed by atoms with E-state index in [0.717, 1.165) is 55.8 Å². The molecule has 0 aliphatic heterocycles. The number of hydrogen-bond donors (Lipinski definition) is 0. The lowest BCUT2D eigenvalue weighted by Gasteiger charge is -2.22. The summed E-state index contributed by atoms with van der Waals surface area (Å²) in [5, 5.41) is 0.831. The number of esters is 1. The van der Waals surface area contributed by atoms with E-state index in [1.165, 1.54) is 12.1 Å². The molecule has 1 heterocycles. The Kier molecular flexibility index (Phi) is 9.12. The van der Waals surface area contributed by atoms with Crippen molar-refractivity contribution >= 4 is 33.0 Å². The summed E-state index contributed by atoms with van der Waals surface area (Å²) in [7, 11) is 0. The molecule has 0 fully saturated rings. The number of unbranched alkanes of at least 4 members (excludes halogenated alkanes) is 1. The van der Waals surface area contributed by atoms with Crippen molar-refractivity contribution in [1.82, 2.24) is 0 Å². The first-order valence-corrected chi connectivity index (χ1v) is 13.4. The van der Waals surface area contributed by atoms with Crippen LogP contribution in [0.3, 0.4) is 0 Å². The fourth-order valence-corrected chi connectivity index (χ4v) is 5.13. The highest BCUT2D eigenvalue weighted by atomic mass is 32.1. The highest BCUT2D eigenvalue weighted by Crippen LogP contribution is 2.45. The summed E-state index contributed by atoms with van der Waals surface area (Å²) in [5.74, 6) is 0.664. The number of benzene rings is 2. The molecule has 2 aromatic carbocycles. The number of carbonyl (C=O) groups excluding carboxylic acids is 1. The molecule has 0 aliphatic carbocycles. The fraction of sp³-hybridized carbons (Fsp3) is 0.433. The normalized spacial score (nSPS) is 12.1. The first kappa shape index (κ1) is 26.9. The van der Waals surface area contributed by atoms with Gasteiger partial charge >= 0.3 is 5.97 Å². The molecule has 0 saturated carbocycles. The number of fused-ring (bicyclic) bond motifs is 1. The molecular weight excluding hydrogens is 459 g/mol. The van der Waals surface area contributed by atoms with Crippen molar-refractivity contribution in [3.63, 3.8) is 0 Å². The smallest absolute Gasteiger partial charge is 0.331 e. The van der Waals surface area contributed by atoms with Crippen LogP contribution in [0.4, 0.5) is 4.39 Å². The highest BCUT2D eigenvalue weighted by molar-refractivity contribution is 7.20. The summed E-state index contributed by atoms with van der Waals surface area (Å²) in [4.78, 5) is 12.9. The van der Waals surface area contributed by atoms with Gasteiger partial charge in [0.1, 0.15) is 11.6 Å². The van der Waals surface area contributed by atoms with E-state index in [2.05, 4.69) is 46.8 Å². The van der Waals surface area contributed by atoms with E-state index in [1.54, 1.807) is 18.3 Å². The molecule has 3 nitrogen and oxygen atoms in total. The maximum absolute atomic E-state index is 15.6. The van der Waals surface area contributed by atoms with Crippen molar-refractivity contribution in [2.45, 2.75) is 73.1 Å². The van der Waals surface area contributed by atoms with Crippen molar-refractivity contribution in [1.29, 1.82) is 0 Å². The van der Waals surface area contributed by atoms with Gasteiger partial charge in [0.2, 0.25) is 0 Å². The molecule has 0 N–H and O–H groups in total. The lowest BCUT2D eigenvalue weighted by Crippen LogP contribution is -2.05. The second-order valence-electron chi connectivity index (χ2n) is 9.52. The zero-order valence-electron chi connectivity index (χ0n) is 22.0. The number of allylic oxidation sites excluding steroid dienone is 1. The minimum absolute atomic E-state index is 0.235. The Morgan fingerprint density at radius 3 is 2.46 bits per heavy atom. The number of thiophene rings is 1. The number of carbonyl (C=O) groups is 1. The fourth-order valence-electron chi connectivity index (χ4n) is 4.09. The van der Waals surface area contributed by atoms with E-state index in [9.17, 15) is 4.79 Å². The molecule has 0 unspecified atom stereocenters. The predicted octanol–water partition coefficient (Wildman–Crippen LogP) is 9.10. The Morgan fingerprint density at radius 2 is 1.83 bits per heavy atom. The van der Waals surface area contributed by atoms with Crippen molar-refractivity contribution in [3.8, 4) is 16.9 Å². The van der Waals surface area contributed by atoms with Crippen LogP contribution >= 0.6 is 11.3 Å². The first-order chi connectivity index (χ1) is 16.7. The van der Waals surface area contributed by atoms with Crippen LogP contribution in [-0.4, -0.2) is 19.2 Å². The van der Waals surface area contributed by atoms with Crippen molar-refractivity contribution in [3.05, 3.63) is 58.2 Å². The van der Waals surface area contributed by atoms with Gasteiger partial charge in [-0.1, -0.05) is 47.1 Å². The molecule has 0 aliphatic rings. The van der Waals surface area contributed by atoms with Crippen LogP contribution in [0.25, 0.3) is 26.8 Å². The van der Waals surface area contributed by atoms with Gasteiger partial charge in [-0.15, -0.1) is 11.3 Å². The molecule has 0 spiro atoms. The zero-order chi connectivity index (χ0) is 25.7. The monoisotopic (exact) mass is 496 g/mol. The molecule has 0 amide bonds. The SMILES string of the molecule is CCCCOc1c(-c2c(F)ccc3sc(C(C)=CC(=O)OCC)cc23)cc(C(C)C)cc1C(C)C. The maximum atomic E-state index is 15.6. The van der Waals surface area contributed by atoms with Crippen LogP contribution in [0.1, 0.15) is 89.1 Å². The summed E-state index contributed by atoms with van der Waals surface area (Å²) in [6.07, 6.45) is 3.47. The largest absolute Gasteiger partial charge is 0.493 e. The average Bonchev–Trinajstić information content (AvgIpc) is 3.23. The third-order valence-corrected chi connectivity index (χ3v) is 7.34. The second kappa shape index (κ2) is 11.9. The maximum Gasteiger partial charge on any atom is 0.331 e. The van der Waals surface area contributed by atoms with Gasteiger partial charge in [-0.3, -0.25) is 0 Å². The van der Waals surface area contributed by atoms with Crippen molar-refractivity contribution in [2.24, 2.45) is 0 Å². The quantitative estimate of drug-likeness (QED) is 0.159. The molecule has 0 atom stereocenters. The third kappa shape index (κ3) is 6.13. The Hall–Kier alpha value is -2.66. The summed E-state index contributed by atoms with van der Waals surface area (Å²) in [6.45, 7) is 15.3. The van der Waals surface area contributed by atoms with Crippen molar-refractivity contribution < 1.29 is 18.7 Å². The molecule has 0 saturated heterocycles. The van der Waals surface area contributed by atoms with Crippen LogP contribution in [0, 0.1) is 5.82 Å². The van der Waals surface area contributed by atoms with Crippen LogP contribution in [0.5, 0.6) is 5.75 Å². The second-order valence-corrected chi connectivity index (χ2v) is 10.6. The van der Waals surface area contributed by atoms with Gasteiger partial charge < -0.3 is 9.47 Å². The van der Waals surface area contributed by atoms with Gasteiger partial charge in [0.05, 0.1) is 13.2 Å². The Labute approximate surface area is 213 Å². The Balaban J connectivity index is 2.27. The van der Waals surface area contributed by atoms with Crippen LogP contribution in [-0.2, 0) is 9.53 Å². The van der Waals surface area contributed by atoms with Crippen LogP contribution in [0.2, 0.25) is 0 Å². The van der Waals surface area contributed by atoms with Gasteiger partial charge in [-0.25, -0.2) is 9.18 Å². The van der Waals surface area contributed by atoms with Gasteiger partial charge in [0.15, 0.2) is 0 Å². The topological polar surface area (TPSA) is 35.5 Å². The van der Waals surface area contributed by atoms with Gasteiger partial charge in [0, 0.05) is 32.2 Å². The van der Waals surface area contributed by atoms with Crippen LogP contribution < -0.4 is 4.74 Å². The average molecular weight is 497 g/mol. The molecule has 0 radical (unpaired) electrons. The van der Waals surface area contributed by atoms with Crippen LogP contribution in [0.15, 0.2) is 36.4 Å². The Morgan fingerprint density at radius 1 is 1.09 bits per heavy atom. The predicted molar refractivity (Wildman–Crippen MR) is 146 cm³/mol. The number of hydrogen-bond acceptors (Lipinski definition) is 4. The van der Waals surface area contributed by atoms with Gasteiger partial charge in [0.25, 0.3) is 0 Å². The molecule has 35 heavy (non-hydrogen) atoms. The molecule has 1 aromatic heterocycles. The van der Waals surface area contributed by atoms with Gasteiger partial charge in [-0.2, -0.15) is 0 Å². The lowest BCUT2D eigenvalue weighted by molar-refractivity contribution is -0.137. The van der Waals surface area contributed by atoms with Gasteiger partial charge in [-0.05, 0) is 73.1 Å². The molecule has 3 aromatic rings. The van der Waals surface area contributed by atoms with E-state index >= 15 is 4.39 Å². The first-order valence-electron chi connectivity index (χ1n) is 12.6. The summed E-state index contributed by atoms with van der Waals surface area (Å²) in [5.41, 5.74) is 4.43. The van der Waals surface area contributed by atoms with E-state index in [0.29, 0.717) is 24.7 Å². The summed E-state index contributed by atoms with van der Waals surface area (Å²) in [6, 6.07) is 9.64. The molecule has 3 rings (SSSR count). The highest BCUT2D eigenvalue weighted by Gasteiger charge is 2.22. The van der Waals surface area contributed by atoms with Crippen molar-refractivity contribution in [2.75, 3.05) is 13.2 Å². The number of rotatable bonds is 10. The standard InChI is InChI=1S/C30H37FO3S/c1-8-10-13-34-30-22(19(5)6)15-21(18(3)4)16-24(30)29-23-17-27(20(7)14-28(32)33-9-2)35-26(23)12-11-25(29)31/h11-12,14-19H,8-10,13H2,1-7H3. The lowest BCUT2D eigenvalue weighted by atomic mass is 9.88.